The second-order valence-electron chi connectivity index (χ2n) is 24.4. The zero-order chi connectivity index (χ0) is 66.2. The number of hydrogen-bond donors (Lipinski definition) is 1. The number of esters is 2. The Labute approximate surface area is 523 Å². The third kappa shape index (κ3) is 21.4. The van der Waals surface area contributed by atoms with Gasteiger partial charge in [0.2, 0.25) is 26.8 Å². The predicted octanol–water partition coefficient (Wildman–Crippen LogP) is 12.9. The second kappa shape index (κ2) is 30.9. The summed E-state index contributed by atoms with van der Waals surface area (Å²) < 4.78 is 117. The van der Waals surface area contributed by atoms with Gasteiger partial charge in [-0.25, -0.2) is 40.6 Å². The molecule has 1 N–H and O–H groups in total. The summed E-state index contributed by atoms with van der Waals surface area (Å²) in [6.45, 7) is 22.0. The maximum Gasteiger partial charge on any atom is 0.323 e. The van der Waals surface area contributed by atoms with E-state index in [-0.39, 0.29) is 61.3 Å². The molecular formula is C63H76F4N8O12SSi2. The van der Waals surface area contributed by atoms with Crippen molar-refractivity contribution >= 4 is 37.9 Å². The van der Waals surface area contributed by atoms with E-state index in [9.17, 15) is 35.6 Å². The van der Waals surface area contributed by atoms with Crippen LogP contribution in [0, 0.1) is 34.1 Å². The normalized spacial score (nSPS) is 11.8. The number of ether oxygens (including phenoxy) is 7. The van der Waals surface area contributed by atoms with E-state index in [1.54, 1.807) is 52.2 Å². The minimum absolute atomic E-state index is 0.0227. The number of carbonyl (C=O) groups excluding carboxylic acids is 2. The molecule has 0 unspecified atom stereocenters. The fourth-order valence-corrected chi connectivity index (χ4v) is 9.93. The maximum absolute atomic E-state index is 13.8. The molecule has 0 atom stereocenters. The van der Waals surface area contributed by atoms with E-state index in [0.717, 1.165) is 76.5 Å². The molecule has 4 aromatic carbocycles. The Kier molecular flexibility index (Phi) is 24.3. The van der Waals surface area contributed by atoms with Gasteiger partial charge in [-0.15, -0.1) is 10.2 Å². The van der Waals surface area contributed by atoms with Crippen LogP contribution < -0.4 is 14.2 Å². The number of halogens is 4. The van der Waals surface area contributed by atoms with Gasteiger partial charge >= 0.3 is 17.9 Å². The van der Waals surface area contributed by atoms with Crippen molar-refractivity contribution in [2.24, 2.45) is 10.8 Å². The molecule has 20 nitrogen and oxygen atoms in total. The first kappa shape index (κ1) is 70.7. The summed E-state index contributed by atoms with van der Waals surface area (Å²) in [6.07, 6.45) is 4.48. The number of nitrogens with zero attached hydrogens (tertiary/aromatic N) is 8. The molecule has 0 saturated heterocycles. The van der Waals surface area contributed by atoms with Crippen molar-refractivity contribution in [3.05, 3.63) is 145 Å². The van der Waals surface area contributed by atoms with Crippen LogP contribution in [0.2, 0.25) is 51.4 Å². The van der Waals surface area contributed by atoms with Crippen molar-refractivity contribution in [3.8, 4) is 74.3 Å². The van der Waals surface area contributed by atoms with Crippen molar-refractivity contribution in [3.63, 3.8) is 0 Å². The van der Waals surface area contributed by atoms with Crippen LogP contribution >= 0.6 is 0 Å². The molecule has 0 amide bonds. The first-order valence-electron chi connectivity index (χ1n) is 28.3. The molecule has 4 aromatic heterocycles. The lowest BCUT2D eigenvalue weighted by atomic mass is 9.95. The van der Waals surface area contributed by atoms with Crippen molar-refractivity contribution in [1.82, 2.24) is 39.5 Å². The number of pyridine rings is 2. The van der Waals surface area contributed by atoms with Gasteiger partial charge in [-0.1, -0.05) is 87.8 Å². The highest BCUT2D eigenvalue weighted by Crippen LogP contribution is 2.30. The second-order valence-corrected chi connectivity index (χ2v) is 37.6. The number of hydrogen-bond acceptors (Lipinski definition) is 18. The zero-order valence-corrected chi connectivity index (χ0v) is 55.5. The van der Waals surface area contributed by atoms with Gasteiger partial charge in [0.05, 0.1) is 25.0 Å². The Balaban J connectivity index is 0.000000252. The van der Waals surface area contributed by atoms with E-state index in [1.165, 1.54) is 29.6 Å². The van der Waals surface area contributed by atoms with Crippen molar-refractivity contribution in [2.75, 3.05) is 46.9 Å². The SMILES string of the molecule is COC(=O)C(C)(C)COc1ccc(-c2ccc(-c3nc(Oc4ccc(F)c(F)c4)n(COCC[Si](C)(C)C)n3)cc2)cn1.COC(=O)C(C)(C)COc1ccc(-c2ccc(-c3nc(S(C)(=O)=O)n(COCC[Si](C)(C)C)n3)cc2)cn1.Oc1ccc(F)c(F)c1. The standard InChI is InChI=1S/C31H36F2N4O5Si.C26H36N4O6SSi.C6H4F2O/c1-31(2,29(38)39-3)19-41-27-14-11-23(18-34-27)21-7-9-22(10-8-21)28-35-30(42-24-12-13-25(32)26(33)17-24)37(36-28)20-40-15-16-43(4,5)6;1-26(2,24(31)34-3)17-36-22-13-12-21(16-27-22)19-8-10-20(11-9-19)23-28-25(37(4,32)33)30(29-23)18-35-14-15-38(5,6)7;7-5-2-1-4(9)3-6(5)8/h7-14,17-18H,15-16,19-20H2,1-6H3;8-13,16H,14-15,17-18H2,1-7H3;1-3,9H. The maximum atomic E-state index is 13.8. The molecule has 0 saturated carbocycles. The van der Waals surface area contributed by atoms with Crippen molar-refractivity contribution in [1.29, 1.82) is 0 Å². The van der Waals surface area contributed by atoms with Crippen LogP contribution in [0.4, 0.5) is 17.6 Å². The van der Waals surface area contributed by atoms with Crippen LogP contribution in [0.3, 0.4) is 0 Å². The summed E-state index contributed by atoms with van der Waals surface area (Å²) in [5.41, 5.74) is 3.35. The molecular weight excluding hydrogens is 1220 g/mol. The lowest BCUT2D eigenvalue weighted by Crippen LogP contribution is -2.32. The van der Waals surface area contributed by atoms with Crippen LogP contribution in [0.25, 0.3) is 45.0 Å². The van der Waals surface area contributed by atoms with Gasteiger partial charge in [-0.05, 0) is 87.3 Å². The number of rotatable bonds is 25. The van der Waals surface area contributed by atoms with E-state index in [4.69, 9.17) is 38.3 Å². The fraction of sp³-hybridized carbons (Fsp3) is 0.365. The predicted molar refractivity (Wildman–Crippen MR) is 336 cm³/mol. The van der Waals surface area contributed by atoms with Crippen LogP contribution in [0.1, 0.15) is 27.7 Å². The molecule has 0 bridgehead atoms. The van der Waals surface area contributed by atoms with E-state index in [1.807, 2.05) is 60.7 Å². The molecule has 90 heavy (non-hydrogen) atoms. The molecule has 0 aliphatic heterocycles. The number of aromatic hydroxyl groups is 1. The number of methoxy groups -OCH3 is 2. The molecule has 0 fully saturated rings. The van der Waals surface area contributed by atoms with Gasteiger partial charge in [0.25, 0.3) is 0 Å². The van der Waals surface area contributed by atoms with Gasteiger partial charge in [0, 0.05) is 94.5 Å². The molecule has 482 valence electrons. The van der Waals surface area contributed by atoms with Gasteiger partial charge in [-0.2, -0.15) is 14.6 Å². The largest absolute Gasteiger partial charge is 0.508 e. The fourth-order valence-electron chi connectivity index (χ4n) is 7.68. The number of phenols is 1. The number of benzene rings is 4. The van der Waals surface area contributed by atoms with Gasteiger partial charge in [0.15, 0.2) is 34.9 Å². The monoisotopic (exact) mass is 1300 g/mol. The first-order valence-corrected chi connectivity index (χ1v) is 37.6. The average Bonchev–Trinajstić information content (AvgIpc) is 1.70. The van der Waals surface area contributed by atoms with Crippen LogP contribution in [-0.4, -0.2) is 128 Å². The van der Waals surface area contributed by atoms with Gasteiger partial charge in [0.1, 0.15) is 38.2 Å². The number of aromatic nitrogens is 8. The number of phenolic OH excluding ortho intramolecular Hbond substituents is 1. The third-order valence-electron chi connectivity index (χ3n) is 13.1. The smallest absolute Gasteiger partial charge is 0.323 e. The minimum atomic E-state index is -3.59. The molecule has 4 heterocycles. The first-order chi connectivity index (χ1) is 42.2. The Hall–Kier alpha value is -8.38. The van der Waals surface area contributed by atoms with E-state index in [2.05, 4.69) is 69.4 Å². The number of sulfone groups is 1. The minimum Gasteiger partial charge on any atom is -0.508 e. The highest BCUT2D eigenvalue weighted by molar-refractivity contribution is 7.90. The molecule has 8 rings (SSSR count). The van der Waals surface area contributed by atoms with Gasteiger partial charge in [-0.3, -0.25) is 9.59 Å². The van der Waals surface area contributed by atoms with E-state index >= 15 is 0 Å². The van der Waals surface area contributed by atoms with Crippen LogP contribution in [-0.2, 0) is 51.8 Å². The highest BCUT2D eigenvalue weighted by Gasteiger charge is 2.31. The Bertz CT molecular complexity index is 3790. The molecule has 0 aliphatic carbocycles. The Morgan fingerprint density at radius 2 is 0.956 bits per heavy atom. The molecule has 0 spiro atoms. The summed E-state index contributed by atoms with van der Waals surface area (Å²) in [4.78, 5) is 41.2. The highest BCUT2D eigenvalue weighted by atomic mass is 32.2. The summed E-state index contributed by atoms with van der Waals surface area (Å²) in [5, 5.41) is 17.4. The molecule has 0 radical (unpaired) electrons. The topological polar surface area (TPSA) is 240 Å². The molecule has 27 heteroatoms. The summed E-state index contributed by atoms with van der Waals surface area (Å²) in [5.74, 6) is -3.39. The molecule has 8 aromatic rings. The lowest BCUT2D eigenvalue weighted by molar-refractivity contribution is -0.153. The van der Waals surface area contributed by atoms with Crippen LogP contribution in [0.15, 0.2) is 127 Å². The van der Waals surface area contributed by atoms with Crippen molar-refractivity contribution in [2.45, 2.75) is 97.7 Å². The third-order valence-corrected chi connectivity index (χ3v) is 17.5. The van der Waals surface area contributed by atoms with E-state index < -0.39 is 60.1 Å². The summed E-state index contributed by atoms with van der Waals surface area (Å²) >= 11 is 0. The number of carbonyl (C=O) groups is 2. The Morgan fingerprint density at radius 1 is 0.544 bits per heavy atom. The quantitative estimate of drug-likeness (QED) is 0.0242. The summed E-state index contributed by atoms with van der Waals surface area (Å²) in [6, 6.07) is 30.2. The Morgan fingerprint density at radius 3 is 1.36 bits per heavy atom. The lowest BCUT2D eigenvalue weighted by Gasteiger charge is -2.21. The van der Waals surface area contributed by atoms with Crippen LogP contribution in [0.5, 0.6) is 29.3 Å². The molecule has 0 aliphatic rings. The zero-order valence-electron chi connectivity index (χ0n) is 52.6. The average molecular weight is 1300 g/mol. The summed E-state index contributed by atoms with van der Waals surface area (Å²) in [7, 11) is -3.45. The van der Waals surface area contributed by atoms with E-state index in [0.29, 0.717) is 42.2 Å². The van der Waals surface area contributed by atoms with Crippen molar-refractivity contribution < 1.29 is 73.8 Å². The van der Waals surface area contributed by atoms with Gasteiger partial charge < -0.3 is 38.3 Å².